The van der Waals surface area contributed by atoms with Crippen LogP contribution in [-0.4, -0.2) is 4.92 Å². The van der Waals surface area contributed by atoms with E-state index in [0.29, 0.717) is 11.6 Å². The third kappa shape index (κ3) is 3.14. The number of benzene rings is 2. The molecule has 2 N–H and O–H groups in total. The molecule has 0 bridgehead atoms. The van der Waals surface area contributed by atoms with Crippen LogP contribution in [-0.2, 0) is 0 Å². The first kappa shape index (κ1) is 14.9. The highest BCUT2D eigenvalue weighted by Crippen LogP contribution is 2.36. The highest BCUT2D eigenvalue weighted by atomic mass is 19.1. The van der Waals surface area contributed by atoms with Gasteiger partial charge < -0.3 is 10.5 Å². The maximum absolute atomic E-state index is 13.9. The van der Waals surface area contributed by atoms with Crippen LogP contribution < -0.4 is 10.5 Å². The predicted octanol–water partition coefficient (Wildman–Crippen LogP) is 3.69. The van der Waals surface area contributed by atoms with Gasteiger partial charge in [-0.1, -0.05) is 12.1 Å². The van der Waals surface area contributed by atoms with Crippen LogP contribution in [0.5, 0.6) is 11.5 Å². The summed E-state index contributed by atoms with van der Waals surface area (Å²) in [5.41, 5.74) is 5.48. The van der Waals surface area contributed by atoms with Gasteiger partial charge in [-0.05, 0) is 25.1 Å². The Morgan fingerprint density at radius 2 is 2.00 bits per heavy atom. The van der Waals surface area contributed by atoms with Gasteiger partial charge in [-0.2, -0.15) is 0 Å². The predicted molar refractivity (Wildman–Crippen MR) is 72.1 cm³/mol. The molecule has 2 aromatic carbocycles. The Hall–Kier alpha value is -2.54. The van der Waals surface area contributed by atoms with Crippen molar-refractivity contribution in [3.63, 3.8) is 0 Å². The Morgan fingerprint density at radius 1 is 1.29 bits per heavy atom. The summed E-state index contributed by atoms with van der Waals surface area (Å²) in [4.78, 5) is 10.1. The maximum Gasteiger partial charge on any atom is 0.314 e. The van der Waals surface area contributed by atoms with Gasteiger partial charge in [0.1, 0.15) is 5.82 Å². The summed E-state index contributed by atoms with van der Waals surface area (Å²) in [6.45, 7) is 1.63. The fourth-order valence-electron chi connectivity index (χ4n) is 1.82. The van der Waals surface area contributed by atoms with Crippen molar-refractivity contribution in [2.24, 2.45) is 5.73 Å². The fraction of sp³-hybridized carbons (Fsp3) is 0.143. The smallest absolute Gasteiger partial charge is 0.314 e. The van der Waals surface area contributed by atoms with E-state index in [4.69, 9.17) is 10.5 Å². The molecule has 0 radical (unpaired) electrons. The van der Waals surface area contributed by atoms with Crippen molar-refractivity contribution in [3.05, 3.63) is 63.7 Å². The first-order valence-corrected chi connectivity index (χ1v) is 6.06. The van der Waals surface area contributed by atoms with E-state index in [9.17, 15) is 18.9 Å². The second-order valence-corrected chi connectivity index (χ2v) is 4.42. The molecule has 0 amide bonds. The van der Waals surface area contributed by atoms with E-state index in [-0.39, 0.29) is 11.5 Å². The van der Waals surface area contributed by atoms with Crippen molar-refractivity contribution in [2.75, 3.05) is 0 Å². The van der Waals surface area contributed by atoms with Crippen molar-refractivity contribution >= 4 is 5.69 Å². The number of para-hydroxylation sites is 1. The van der Waals surface area contributed by atoms with Crippen molar-refractivity contribution in [1.82, 2.24) is 0 Å². The number of nitrogens with two attached hydrogens (primary N) is 1. The Kier molecular flexibility index (Phi) is 4.13. The molecule has 0 aliphatic rings. The van der Waals surface area contributed by atoms with E-state index >= 15 is 0 Å². The highest BCUT2D eigenvalue weighted by molar-refractivity contribution is 5.50. The van der Waals surface area contributed by atoms with Gasteiger partial charge in [0, 0.05) is 11.6 Å². The molecule has 5 nitrogen and oxygen atoms in total. The number of nitrogens with zero attached hydrogens (tertiary/aromatic N) is 1. The maximum atomic E-state index is 13.9. The van der Waals surface area contributed by atoms with Crippen LogP contribution in [0.25, 0.3) is 0 Å². The average molecular weight is 294 g/mol. The van der Waals surface area contributed by atoms with Crippen LogP contribution in [0, 0.1) is 21.7 Å². The van der Waals surface area contributed by atoms with Crippen molar-refractivity contribution in [1.29, 1.82) is 0 Å². The number of ether oxygens (including phenoxy) is 1. The largest absolute Gasteiger partial charge is 0.447 e. The second-order valence-electron chi connectivity index (χ2n) is 4.42. The van der Waals surface area contributed by atoms with E-state index in [2.05, 4.69) is 0 Å². The Balaban J connectivity index is 2.51. The zero-order valence-electron chi connectivity index (χ0n) is 11.0. The van der Waals surface area contributed by atoms with E-state index in [0.717, 1.165) is 18.2 Å². The van der Waals surface area contributed by atoms with Gasteiger partial charge in [-0.15, -0.1) is 0 Å². The number of nitro benzene ring substituents is 1. The second kappa shape index (κ2) is 5.84. The lowest BCUT2D eigenvalue weighted by atomic mass is 10.1. The van der Waals surface area contributed by atoms with E-state index in [1.807, 2.05) is 0 Å². The number of halogens is 2. The van der Waals surface area contributed by atoms with Crippen LogP contribution in [0.4, 0.5) is 14.5 Å². The van der Waals surface area contributed by atoms with Crippen LogP contribution in [0.1, 0.15) is 18.5 Å². The molecule has 21 heavy (non-hydrogen) atoms. The number of rotatable bonds is 4. The van der Waals surface area contributed by atoms with E-state index in [1.165, 1.54) is 6.07 Å². The quantitative estimate of drug-likeness (QED) is 0.689. The standard InChI is InChI=1S/C14H12F2N2O3/c1-8(17)10-3-2-4-11(16)14(10)21-13-6-5-9(15)7-12(13)18(19)20/h2-8H,17H2,1H3/t8-/m1/s1. The first-order chi connectivity index (χ1) is 9.90. The summed E-state index contributed by atoms with van der Waals surface area (Å²) in [5, 5.41) is 10.9. The van der Waals surface area contributed by atoms with Crippen LogP contribution in [0.15, 0.2) is 36.4 Å². The molecular weight excluding hydrogens is 282 g/mol. The molecule has 0 aliphatic carbocycles. The zero-order valence-corrected chi connectivity index (χ0v) is 11.0. The van der Waals surface area contributed by atoms with E-state index in [1.54, 1.807) is 13.0 Å². The number of hydrogen-bond acceptors (Lipinski definition) is 4. The normalized spacial score (nSPS) is 12.0. The molecule has 0 aromatic heterocycles. The molecule has 0 unspecified atom stereocenters. The molecule has 2 rings (SSSR count). The molecule has 110 valence electrons. The lowest BCUT2D eigenvalue weighted by molar-refractivity contribution is -0.385. The van der Waals surface area contributed by atoms with Gasteiger partial charge in [-0.25, -0.2) is 8.78 Å². The van der Waals surface area contributed by atoms with Gasteiger partial charge in [0.15, 0.2) is 11.6 Å². The molecular formula is C14H12F2N2O3. The number of hydrogen-bond donors (Lipinski definition) is 1. The lowest BCUT2D eigenvalue weighted by Crippen LogP contribution is -2.08. The zero-order chi connectivity index (χ0) is 15.6. The molecule has 0 heterocycles. The van der Waals surface area contributed by atoms with Crippen molar-refractivity contribution in [2.45, 2.75) is 13.0 Å². The molecule has 1 atom stereocenters. The molecule has 0 saturated carbocycles. The summed E-state index contributed by atoms with van der Waals surface area (Å²) in [7, 11) is 0. The van der Waals surface area contributed by atoms with Crippen LogP contribution in [0.3, 0.4) is 0 Å². The Bertz CT molecular complexity index is 690. The van der Waals surface area contributed by atoms with Gasteiger partial charge >= 0.3 is 5.69 Å². The summed E-state index contributed by atoms with van der Waals surface area (Å²) in [6, 6.07) is 6.41. The minimum Gasteiger partial charge on any atom is -0.447 e. The van der Waals surface area contributed by atoms with Crippen LogP contribution >= 0.6 is 0 Å². The molecule has 0 aliphatic heterocycles. The monoisotopic (exact) mass is 294 g/mol. The molecule has 0 spiro atoms. The molecule has 2 aromatic rings. The Labute approximate surface area is 119 Å². The van der Waals surface area contributed by atoms with Gasteiger partial charge in [0.2, 0.25) is 5.75 Å². The SMILES string of the molecule is C[C@@H](N)c1cccc(F)c1Oc1ccc(F)cc1[N+](=O)[O-]. The van der Waals surface area contributed by atoms with Crippen molar-refractivity contribution in [3.8, 4) is 11.5 Å². The van der Waals surface area contributed by atoms with Gasteiger partial charge in [0.25, 0.3) is 0 Å². The fourth-order valence-corrected chi connectivity index (χ4v) is 1.82. The van der Waals surface area contributed by atoms with Crippen molar-refractivity contribution < 1.29 is 18.4 Å². The van der Waals surface area contributed by atoms with Gasteiger partial charge in [0.05, 0.1) is 11.0 Å². The topological polar surface area (TPSA) is 78.4 Å². The summed E-state index contributed by atoms with van der Waals surface area (Å²) < 4.78 is 32.2. The summed E-state index contributed by atoms with van der Waals surface area (Å²) >= 11 is 0. The molecule has 0 saturated heterocycles. The first-order valence-electron chi connectivity index (χ1n) is 6.06. The molecule has 7 heteroatoms. The van der Waals surface area contributed by atoms with Crippen LogP contribution in [0.2, 0.25) is 0 Å². The highest BCUT2D eigenvalue weighted by Gasteiger charge is 2.21. The minimum atomic E-state index is -0.801. The Morgan fingerprint density at radius 3 is 2.62 bits per heavy atom. The minimum absolute atomic E-state index is 0.206. The lowest BCUT2D eigenvalue weighted by Gasteiger charge is -2.14. The number of nitro groups is 1. The average Bonchev–Trinajstić information content (AvgIpc) is 2.42. The third-order valence-electron chi connectivity index (χ3n) is 2.82. The molecule has 0 fully saturated rings. The summed E-state index contributed by atoms with van der Waals surface area (Å²) in [6.07, 6.45) is 0. The third-order valence-corrected chi connectivity index (χ3v) is 2.82. The summed E-state index contributed by atoms with van der Waals surface area (Å²) in [5.74, 6) is -1.95. The van der Waals surface area contributed by atoms with Gasteiger partial charge in [-0.3, -0.25) is 10.1 Å². The van der Waals surface area contributed by atoms with E-state index < -0.39 is 28.3 Å².